The minimum atomic E-state index is -2.44. The second kappa shape index (κ2) is 3.90. The maximum Gasteiger partial charge on any atom is 0.265 e. The lowest BCUT2D eigenvalue weighted by molar-refractivity contribution is 0.153. The lowest BCUT2D eigenvalue weighted by Gasteiger charge is -2.02. The molecule has 0 radical (unpaired) electrons. The number of thiophene rings is 1. The third-order valence-electron chi connectivity index (χ3n) is 1.89. The van der Waals surface area contributed by atoms with E-state index in [2.05, 4.69) is 22.6 Å². The molecule has 2 aromatic rings. The zero-order valence-corrected chi connectivity index (χ0v) is 10.5. The maximum atomic E-state index is 12.6. The molecule has 0 nitrogen and oxygen atoms in total. The molecule has 14 heavy (non-hydrogen) atoms. The molecular weight excluding hydrogens is 341 g/mol. The first kappa shape index (κ1) is 10.6. The molecule has 1 heterocycles. The fourth-order valence-electron chi connectivity index (χ4n) is 1.27. The van der Waals surface area contributed by atoms with E-state index >= 15 is 0 Å². The Labute approximate surface area is 102 Å². The van der Waals surface area contributed by atoms with Crippen molar-refractivity contribution in [1.29, 1.82) is 0 Å². The summed E-state index contributed by atoms with van der Waals surface area (Å²) in [6.07, 6.45) is -2.44. The Morgan fingerprint density at radius 1 is 1.36 bits per heavy atom. The predicted octanol–water partition coefficient (Wildman–Crippen LogP) is 5.10. The summed E-state index contributed by atoms with van der Waals surface area (Å²) in [5.74, 6) is 0. The van der Waals surface area contributed by atoms with Crippen LogP contribution in [0.2, 0.25) is 5.02 Å². The van der Waals surface area contributed by atoms with Gasteiger partial charge in [0, 0.05) is 24.6 Å². The van der Waals surface area contributed by atoms with Crippen molar-refractivity contribution >= 4 is 55.6 Å². The maximum absolute atomic E-state index is 12.6. The SMILES string of the molecule is FC(F)c1ccc(Cl)c2c(I)csc12. The molecule has 5 heteroatoms. The number of alkyl halides is 2. The number of halogens is 4. The average molecular weight is 345 g/mol. The van der Waals surface area contributed by atoms with Crippen molar-refractivity contribution < 1.29 is 8.78 Å². The van der Waals surface area contributed by atoms with Crippen molar-refractivity contribution in [2.75, 3.05) is 0 Å². The summed E-state index contributed by atoms with van der Waals surface area (Å²) in [5.41, 5.74) is 0.0670. The Bertz CT molecular complexity index is 481. The fraction of sp³-hybridized carbons (Fsp3) is 0.111. The van der Waals surface area contributed by atoms with E-state index in [9.17, 15) is 8.78 Å². The summed E-state index contributed by atoms with van der Waals surface area (Å²) in [6.45, 7) is 0. The molecule has 0 aliphatic carbocycles. The van der Waals surface area contributed by atoms with E-state index in [0.717, 1.165) is 8.96 Å². The molecule has 0 amide bonds. The van der Waals surface area contributed by atoms with Gasteiger partial charge in [0.15, 0.2) is 0 Å². The fourth-order valence-corrected chi connectivity index (χ4v) is 3.84. The molecule has 1 aromatic carbocycles. The first-order chi connectivity index (χ1) is 6.61. The largest absolute Gasteiger partial charge is 0.265 e. The lowest BCUT2D eigenvalue weighted by Crippen LogP contribution is -1.84. The molecule has 0 spiro atoms. The van der Waals surface area contributed by atoms with Gasteiger partial charge in [0.05, 0.1) is 5.02 Å². The highest BCUT2D eigenvalue weighted by Gasteiger charge is 2.16. The van der Waals surface area contributed by atoms with Crippen LogP contribution in [0.3, 0.4) is 0 Å². The van der Waals surface area contributed by atoms with E-state index in [4.69, 9.17) is 11.6 Å². The Balaban J connectivity index is 2.83. The van der Waals surface area contributed by atoms with Gasteiger partial charge in [-0.05, 0) is 28.7 Å². The molecule has 0 fully saturated rings. The first-order valence-corrected chi connectivity index (χ1v) is 6.08. The van der Waals surface area contributed by atoms with E-state index in [1.807, 2.05) is 5.38 Å². The van der Waals surface area contributed by atoms with E-state index in [0.29, 0.717) is 9.72 Å². The molecule has 0 saturated heterocycles. The molecule has 1 aromatic heterocycles. The van der Waals surface area contributed by atoms with E-state index < -0.39 is 6.43 Å². The zero-order chi connectivity index (χ0) is 10.3. The van der Waals surface area contributed by atoms with E-state index in [-0.39, 0.29) is 5.56 Å². The predicted molar refractivity (Wildman–Crippen MR) is 64.5 cm³/mol. The van der Waals surface area contributed by atoms with Crippen molar-refractivity contribution in [3.8, 4) is 0 Å². The van der Waals surface area contributed by atoms with Gasteiger partial charge < -0.3 is 0 Å². The summed E-state index contributed by atoms with van der Waals surface area (Å²) >= 11 is 9.35. The number of hydrogen-bond acceptors (Lipinski definition) is 1. The first-order valence-electron chi connectivity index (χ1n) is 3.74. The summed E-state index contributed by atoms with van der Waals surface area (Å²) in [6, 6.07) is 2.92. The lowest BCUT2D eigenvalue weighted by atomic mass is 10.2. The third kappa shape index (κ3) is 1.63. The molecule has 74 valence electrons. The van der Waals surface area contributed by atoms with Crippen LogP contribution in [0.5, 0.6) is 0 Å². The van der Waals surface area contributed by atoms with Crippen molar-refractivity contribution in [1.82, 2.24) is 0 Å². The monoisotopic (exact) mass is 344 g/mol. The second-order valence-corrected chi connectivity index (χ2v) is 5.17. The third-order valence-corrected chi connectivity index (χ3v) is 4.51. The van der Waals surface area contributed by atoms with E-state index in [1.165, 1.54) is 23.5 Å². The van der Waals surface area contributed by atoms with Gasteiger partial charge in [-0.25, -0.2) is 8.78 Å². The van der Waals surface area contributed by atoms with Crippen molar-refractivity contribution in [3.63, 3.8) is 0 Å². The Morgan fingerprint density at radius 3 is 2.71 bits per heavy atom. The van der Waals surface area contributed by atoms with Crippen LogP contribution in [0.1, 0.15) is 12.0 Å². The van der Waals surface area contributed by atoms with Gasteiger partial charge in [-0.15, -0.1) is 11.3 Å². The summed E-state index contributed by atoms with van der Waals surface area (Å²) in [5, 5.41) is 3.12. The molecule has 0 bridgehead atoms. The summed E-state index contributed by atoms with van der Waals surface area (Å²) < 4.78 is 26.7. The number of rotatable bonds is 1. The number of hydrogen-bond donors (Lipinski definition) is 0. The topological polar surface area (TPSA) is 0 Å². The minimum Gasteiger partial charge on any atom is -0.205 e. The van der Waals surface area contributed by atoms with Crippen LogP contribution in [0.25, 0.3) is 10.1 Å². The molecule has 0 unspecified atom stereocenters. The van der Waals surface area contributed by atoms with Gasteiger partial charge in [0.2, 0.25) is 0 Å². The van der Waals surface area contributed by atoms with Crippen LogP contribution in [-0.4, -0.2) is 0 Å². The van der Waals surface area contributed by atoms with Gasteiger partial charge in [0.25, 0.3) is 6.43 Å². The molecule has 0 aliphatic heterocycles. The quantitative estimate of drug-likeness (QED) is 0.632. The summed E-state index contributed by atoms with van der Waals surface area (Å²) in [7, 11) is 0. The highest BCUT2D eigenvalue weighted by molar-refractivity contribution is 14.1. The highest BCUT2D eigenvalue weighted by Crippen LogP contribution is 2.38. The average Bonchev–Trinajstić information content (AvgIpc) is 2.49. The van der Waals surface area contributed by atoms with Crippen LogP contribution in [0, 0.1) is 3.57 Å². The van der Waals surface area contributed by atoms with Crippen LogP contribution in [-0.2, 0) is 0 Å². The Kier molecular flexibility index (Phi) is 2.95. The number of benzene rings is 1. The van der Waals surface area contributed by atoms with Crippen molar-refractivity contribution in [3.05, 3.63) is 31.7 Å². The molecule has 2 rings (SSSR count). The highest BCUT2D eigenvalue weighted by atomic mass is 127. The van der Waals surface area contributed by atoms with Gasteiger partial charge in [-0.1, -0.05) is 17.7 Å². The van der Waals surface area contributed by atoms with Gasteiger partial charge in [0.1, 0.15) is 0 Å². The van der Waals surface area contributed by atoms with Crippen LogP contribution < -0.4 is 0 Å². The molecular formula is C9H4ClF2IS. The van der Waals surface area contributed by atoms with Crippen molar-refractivity contribution in [2.45, 2.75) is 6.43 Å². The zero-order valence-electron chi connectivity index (χ0n) is 6.73. The van der Waals surface area contributed by atoms with E-state index in [1.54, 1.807) is 0 Å². The van der Waals surface area contributed by atoms with Crippen molar-refractivity contribution in [2.24, 2.45) is 0 Å². The molecule has 0 N–H and O–H groups in total. The van der Waals surface area contributed by atoms with Crippen LogP contribution in [0.15, 0.2) is 17.5 Å². The molecule has 0 saturated carbocycles. The Morgan fingerprint density at radius 2 is 2.07 bits per heavy atom. The molecule has 0 aliphatic rings. The second-order valence-electron chi connectivity index (χ2n) is 2.73. The number of fused-ring (bicyclic) bond motifs is 1. The van der Waals surface area contributed by atoms with Crippen LogP contribution in [0.4, 0.5) is 8.78 Å². The Hall–Kier alpha value is 0.0600. The smallest absolute Gasteiger partial charge is 0.205 e. The van der Waals surface area contributed by atoms with Crippen LogP contribution >= 0.6 is 45.5 Å². The van der Waals surface area contributed by atoms with Gasteiger partial charge in [-0.2, -0.15) is 0 Å². The minimum absolute atomic E-state index is 0.0670. The summed E-state index contributed by atoms with van der Waals surface area (Å²) in [4.78, 5) is 0. The van der Waals surface area contributed by atoms with Gasteiger partial charge >= 0.3 is 0 Å². The molecule has 0 atom stereocenters. The normalized spacial score (nSPS) is 11.5. The van der Waals surface area contributed by atoms with Gasteiger partial charge in [-0.3, -0.25) is 0 Å². The standard InChI is InChI=1S/C9H4ClF2IS/c10-5-2-1-4(9(11)12)8-7(5)6(13)3-14-8/h1-3,9H.